The van der Waals surface area contributed by atoms with Crippen LogP contribution >= 0.6 is 34.8 Å². The lowest BCUT2D eigenvalue weighted by Gasteiger charge is -2.27. The van der Waals surface area contributed by atoms with Crippen molar-refractivity contribution in [2.45, 2.75) is 13.8 Å². The normalized spacial score (nSPS) is 15.9. The van der Waals surface area contributed by atoms with Gasteiger partial charge in [-0.15, -0.1) is 6.58 Å². The molecule has 0 atom stereocenters. The van der Waals surface area contributed by atoms with Crippen molar-refractivity contribution in [3.05, 3.63) is 39.5 Å². The number of carbonyl (C=O) groups is 2. The second-order valence-electron chi connectivity index (χ2n) is 5.22. The van der Waals surface area contributed by atoms with Gasteiger partial charge in [-0.2, -0.15) is 0 Å². The average molecular weight is 486 g/mol. The quantitative estimate of drug-likeness (QED) is 0.211. The van der Waals surface area contributed by atoms with Gasteiger partial charge >= 0.3 is 0 Å². The van der Waals surface area contributed by atoms with Gasteiger partial charge in [0.05, 0.1) is 16.8 Å². The fourth-order valence-electron chi connectivity index (χ4n) is 2.37. The van der Waals surface area contributed by atoms with Crippen molar-refractivity contribution in [3.63, 3.8) is 0 Å². The van der Waals surface area contributed by atoms with Gasteiger partial charge in [0.1, 0.15) is 5.57 Å². The number of rotatable bonds is 7. The molecule has 0 unspecified atom stereocenters. The van der Waals surface area contributed by atoms with Gasteiger partial charge in [-0.1, -0.05) is 6.08 Å². The van der Waals surface area contributed by atoms with Gasteiger partial charge in [0, 0.05) is 6.54 Å². The van der Waals surface area contributed by atoms with Crippen molar-refractivity contribution >= 4 is 57.8 Å². The molecule has 8 heteroatoms. The summed E-state index contributed by atoms with van der Waals surface area (Å²) >= 11 is 7.18. The van der Waals surface area contributed by atoms with Gasteiger partial charge in [0.25, 0.3) is 11.8 Å². The predicted molar refractivity (Wildman–Crippen MR) is 112 cm³/mol. The zero-order valence-corrected chi connectivity index (χ0v) is 17.5. The Morgan fingerprint density at radius 1 is 1.27 bits per heavy atom. The number of nitrogens with zero attached hydrogens (tertiary/aromatic N) is 1. The molecule has 0 aliphatic carbocycles. The van der Waals surface area contributed by atoms with Crippen LogP contribution in [0, 0.1) is 3.57 Å². The first-order chi connectivity index (χ1) is 12.4. The molecule has 138 valence electrons. The predicted octanol–water partition coefficient (Wildman–Crippen LogP) is 2.90. The maximum absolute atomic E-state index is 12.6. The summed E-state index contributed by atoms with van der Waals surface area (Å²) in [5, 5.41) is 2.60. The van der Waals surface area contributed by atoms with Crippen LogP contribution in [0.1, 0.15) is 19.4 Å². The standard InChI is InChI=1S/C18H19IN2O4S/c1-4-7-21-17(23)12(16(22)20-18(21)26)8-11-9-13(19)15(25-6-3)14(10-11)24-5-2/h4,8-10H,1,5-7H2,2-3H3,(H,20,22,26)/b12-8-. The first kappa shape index (κ1) is 20.4. The maximum Gasteiger partial charge on any atom is 0.265 e. The largest absolute Gasteiger partial charge is 0.490 e. The molecule has 1 N–H and O–H groups in total. The van der Waals surface area contributed by atoms with Crippen molar-refractivity contribution in [1.82, 2.24) is 10.2 Å². The monoisotopic (exact) mass is 486 g/mol. The Kier molecular flexibility index (Phi) is 7.15. The minimum Gasteiger partial charge on any atom is -0.490 e. The molecule has 1 aromatic carbocycles. The number of halogens is 1. The van der Waals surface area contributed by atoms with Gasteiger partial charge in [0.2, 0.25) is 0 Å². The number of amides is 2. The van der Waals surface area contributed by atoms with Crippen LogP contribution in [0.5, 0.6) is 11.5 Å². The summed E-state index contributed by atoms with van der Waals surface area (Å²) in [5.74, 6) is 0.226. The summed E-state index contributed by atoms with van der Waals surface area (Å²) in [6.07, 6.45) is 3.07. The molecular formula is C18H19IN2O4S. The summed E-state index contributed by atoms with van der Waals surface area (Å²) < 4.78 is 12.1. The summed E-state index contributed by atoms with van der Waals surface area (Å²) in [7, 11) is 0. The molecule has 2 rings (SSSR count). The summed E-state index contributed by atoms with van der Waals surface area (Å²) in [6.45, 7) is 8.57. The molecule has 0 radical (unpaired) electrons. The van der Waals surface area contributed by atoms with Crippen LogP contribution in [0.15, 0.2) is 30.4 Å². The van der Waals surface area contributed by atoms with E-state index in [-0.39, 0.29) is 17.2 Å². The fraction of sp³-hybridized carbons (Fsp3) is 0.278. The van der Waals surface area contributed by atoms with E-state index in [1.54, 1.807) is 12.1 Å². The van der Waals surface area contributed by atoms with E-state index < -0.39 is 11.8 Å². The van der Waals surface area contributed by atoms with E-state index in [0.717, 1.165) is 3.57 Å². The summed E-state index contributed by atoms with van der Waals surface area (Å²) in [4.78, 5) is 26.1. The third-order valence-electron chi connectivity index (χ3n) is 3.43. The second kappa shape index (κ2) is 9.13. The molecule has 1 aromatic rings. The zero-order valence-electron chi connectivity index (χ0n) is 14.5. The Balaban J connectivity index is 2.46. The van der Waals surface area contributed by atoms with Gasteiger partial charge < -0.3 is 9.47 Å². The Hall–Kier alpha value is -1.94. The molecule has 1 aliphatic rings. The van der Waals surface area contributed by atoms with Crippen LogP contribution in [0.4, 0.5) is 0 Å². The van der Waals surface area contributed by atoms with Crippen molar-refractivity contribution in [2.75, 3.05) is 19.8 Å². The molecule has 0 aromatic heterocycles. The Bertz CT molecular complexity index is 792. The van der Waals surface area contributed by atoms with E-state index in [1.807, 2.05) is 19.9 Å². The van der Waals surface area contributed by atoms with Crippen LogP contribution in [-0.4, -0.2) is 41.6 Å². The lowest BCUT2D eigenvalue weighted by molar-refractivity contribution is -0.128. The highest BCUT2D eigenvalue weighted by Gasteiger charge is 2.32. The van der Waals surface area contributed by atoms with Crippen LogP contribution in [-0.2, 0) is 9.59 Å². The minimum atomic E-state index is -0.526. The lowest BCUT2D eigenvalue weighted by Crippen LogP contribution is -2.53. The molecule has 0 bridgehead atoms. The van der Waals surface area contributed by atoms with E-state index in [1.165, 1.54) is 11.0 Å². The third-order valence-corrected chi connectivity index (χ3v) is 4.55. The highest BCUT2D eigenvalue weighted by atomic mass is 127. The Morgan fingerprint density at radius 2 is 1.96 bits per heavy atom. The topological polar surface area (TPSA) is 67.9 Å². The third kappa shape index (κ3) is 4.42. The van der Waals surface area contributed by atoms with Crippen molar-refractivity contribution in [1.29, 1.82) is 0 Å². The number of hydrogen-bond acceptors (Lipinski definition) is 5. The van der Waals surface area contributed by atoms with Gasteiger partial charge in [-0.05, 0) is 72.4 Å². The van der Waals surface area contributed by atoms with E-state index in [9.17, 15) is 9.59 Å². The second-order valence-corrected chi connectivity index (χ2v) is 6.77. The molecule has 6 nitrogen and oxygen atoms in total. The van der Waals surface area contributed by atoms with Crippen LogP contribution in [0.2, 0.25) is 0 Å². The number of hydrogen-bond donors (Lipinski definition) is 1. The van der Waals surface area contributed by atoms with Gasteiger partial charge in [0.15, 0.2) is 16.6 Å². The van der Waals surface area contributed by atoms with E-state index in [0.29, 0.717) is 30.3 Å². The van der Waals surface area contributed by atoms with E-state index >= 15 is 0 Å². The van der Waals surface area contributed by atoms with Crippen LogP contribution < -0.4 is 14.8 Å². The number of thiocarbonyl (C=S) groups is 1. The summed E-state index contributed by atoms with van der Waals surface area (Å²) in [6, 6.07) is 3.57. The van der Waals surface area contributed by atoms with Gasteiger partial charge in [-0.25, -0.2) is 0 Å². The van der Waals surface area contributed by atoms with Crippen LogP contribution in [0.3, 0.4) is 0 Å². The van der Waals surface area contributed by atoms with Crippen molar-refractivity contribution in [2.24, 2.45) is 0 Å². The summed E-state index contributed by atoms with van der Waals surface area (Å²) in [5.41, 5.74) is 0.661. The zero-order chi connectivity index (χ0) is 19.3. The number of ether oxygens (including phenoxy) is 2. The molecule has 0 saturated carbocycles. The van der Waals surface area contributed by atoms with Crippen molar-refractivity contribution in [3.8, 4) is 11.5 Å². The van der Waals surface area contributed by atoms with Crippen LogP contribution in [0.25, 0.3) is 6.08 Å². The molecule has 1 saturated heterocycles. The molecule has 1 aliphatic heterocycles. The first-order valence-corrected chi connectivity index (χ1v) is 9.50. The highest BCUT2D eigenvalue weighted by Crippen LogP contribution is 2.35. The molecule has 2 amide bonds. The SMILES string of the molecule is C=CCN1C(=O)/C(=C\c2cc(I)c(OCC)c(OCC)c2)C(=O)NC1=S. The molecular weight excluding hydrogens is 467 g/mol. The Morgan fingerprint density at radius 3 is 2.58 bits per heavy atom. The van der Waals surface area contributed by atoms with Gasteiger partial charge in [-0.3, -0.25) is 19.8 Å². The average Bonchev–Trinajstić information content (AvgIpc) is 2.58. The number of carbonyl (C=O) groups excluding carboxylic acids is 2. The molecule has 0 spiro atoms. The number of nitrogens with one attached hydrogen (secondary N) is 1. The minimum absolute atomic E-state index is 0.00265. The Labute approximate surface area is 171 Å². The molecule has 1 fully saturated rings. The van der Waals surface area contributed by atoms with Crippen molar-refractivity contribution < 1.29 is 19.1 Å². The number of benzene rings is 1. The van der Waals surface area contributed by atoms with E-state index in [4.69, 9.17) is 21.7 Å². The fourth-order valence-corrected chi connectivity index (χ4v) is 3.41. The molecule has 1 heterocycles. The highest BCUT2D eigenvalue weighted by molar-refractivity contribution is 14.1. The maximum atomic E-state index is 12.6. The van der Waals surface area contributed by atoms with E-state index in [2.05, 4.69) is 34.5 Å². The molecule has 26 heavy (non-hydrogen) atoms. The smallest absolute Gasteiger partial charge is 0.265 e. The lowest BCUT2D eigenvalue weighted by atomic mass is 10.1. The first-order valence-electron chi connectivity index (χ1n) is 8.01.